The minimum absolute atomic E-state index is 0.000236. The number of benzene rings is 3. The van der Waals surface area contributed by atoms with Crippen molar-refractivity contribution in [3.8, 4) is 23.0 Å². The second kappa shape index (κ2) is 6.16. The average molecular weight is 461 g/mol. The highest BCUT2D eigenvalue weighted by atomic mass is 35.5. The van der Waals surface area contributed by atoms with E-state index in [4.69, 9.17) is 38.4 Å². The number of esters is 1. The van der Waals surface area contributed by atoms with Crippen LogP contribution in [0.1, 0.15) is 27.0 Å². The summed E-state index contributed by atoms with van der Waals surface area (Å²) in [5.74, 6) is -2.69. The number of anilines is 1. The van der Waals surface area contributed by atoms with Gasteiger partial charge in [0.05, 0.1) is 26.6 Å². The fraction of sp³-hybridized carbons (Fsp3) is 0.0500. The molecule has 2 heterocycles. The zero-order valence-electron chi connectivity index (χ0n) is 15.2. The van der Waals surface area contributed by atoms with E-state index in [0.717, 1.165) is 6.07 Å². The van der Waals surface area contributed by atoms with Gasteiger partial charge in [-0.3, -0.25) is 10.1 Å². The number of nitrogens with zero attached hydrogens (tertiary/aromatic N) is 1. The predicted molar refractivity (Wildman–Crippen MR) is 109 cm³/mol. The molecule has 9 nitrogen and oxygen atoms in total. The van der Waals surface area contributed by atoms with Crippen LogP contribution in [-0.2, 0) is 10.3 Å². The molecule has 0 aromatic heterocycles. The van der Waals surface area contributed by atoms with E-state index in [1.54, 1.807) is 18.2 Å². The molecular formula is C20H10Cl2N2O7. The van der Waals surface area contributed by atoms with E-state index in [-0.39, 0.29) is 38.2 Å². The number of nitrogen functional groups attached to an aromatic ring is 1. The molecule has 31 heavy (non-hydrogen) atoms. The zero-order chi connectivity index (χ0) is 22.2. The Labute approximate surface area is 183 Å². The van der Waals surface area contributed by atoms with Crippen molar-refractivity contribution in [3.05, 3.63) is 78.8 Å². The molecule has 0 saturated carbocycles. The normalized spacial score (nSPS) is 18.1. The third-order valence-electron chi connectivity index (χ3n) is 5.35. The standard InChI is InChI=1S/C20H10Cl2N2O7/c21-12-11-18(14(23)16(26)13(12)22)30-17-9(5-6-10(25)15(17)24(28)29)20(11)8-4-2-1-3-7(8)19(27)31-20/h1-6,25-26H,23H2. The molecule has 0 fully saturated rings. The van der Waals surface area contributed by atoms with Crippen LogP contribution in [0.3, 0.4) is 0 Å². The van der Waals surface area contributed by atoms with Gasteiger partial charge in [-0.05, 0) is 18.2 Å². The Morgan fingerprint density at radius 3 is 2.45 bits per heavy atom. The summed E-state index contributed by atoms with van der Waals surface area (Å²) < 4.78 is 11.5. The van der Waals surface area contributed by atoms with Crippen LogP contribution >= 0.6 is 23.2 Å². The van der Waals surface area contributed by atoms with E-state index in [0.29, 0.717) is 5.56 Å². The maximum atomic E-state index is 12.8. The molecule has 0 radical (unpaired) electrons. The van der Waals surface area contributed by atoms with Crippen molar-refractivity contribution < 1.29 is 29.4 Å². The van der Waals surface area contributed by atoms with Gasteiger partial charge in [0.1, 0.15) is 10.7 Å². The lowest BCUT2D eigenvalue weighted by atomic mass is 9.77. The summed E-state index contributed by atoms with van der Waals surface area (Å²) in [5, 5.41) is 31.6. The van der Waals surface area contributed by atoms with Crippen molar-refractivity contribution in [2.24, 2.45) is 0 Å². The molecule has 3 aromatic carbocycles. The van der Waals surface area contributed by atoms with Gasteiger partial charge in [0, 0.05) is 5.56 Å². The van der Waals surface area contributed by atoms with Crippen LogP contribution < -0.4 is 10.5 Å². The number of nitro groups is 1. The lowest BCUT2D eigenvalue weighted by molar-refractivity contribution is -0.386. The molecule has 0 saturated heterocycles. The summed E-state index contributed by atoms with van der Waals surface area (Å²) in [6.45, 7) is 0. The molecule has 4 N–H and O–H groups in total. The zero-order valence-corrected chi connectivity index (χ0v) is 16.7. The minimum atomic E-state index is -1.82. The van der Waals surface area contributed by atoms with Gasteiger partial charge >= 0.3 is 11.7 Å². The number of carbonyl (C=O) groups excluding carboxylic acids is 1. The van der Waals surface area contributed by atoms with Gasteiger partial charge in [0.2, 0.25) is 5.75 Å². The van der Waals surface area contributed by atoms with E-state index < -0.39 is 39.4 Å². The Morgan fingerprint density at radius 1 is 1.03 bits per heavy atom. The second-order valence-corrected chi connectivity index (χ2v) is 7.64. The molecule has 156 valence electrons. The quantitative estimate of drug-likeness (QED) is 0.158. The smallest absolute Gasteiger partial charge is 0.353 e. The number of rotatable bonds is 1. The molecule has 5 rings (SSSR count). The third-order valence-corrected chi connectivity index (χ3v) is 6.19. The third kappa shape index (κ3) is 2.24. The Balaban J connectivity index is 2.02. The van der Waals surface area contributed by atoms with Crippen molar-refractivity contribution in [3.63, 3.8) is 0 Å². The number of carbonyl (C=O) groups is 1. The summed E-state index contributed by atoms with van der Waals surface area (Å²) in [4.78, 5) is 23.7. The van der Waals surface area contributed by atoms with Gasteiger partial charge in [-0.1, -0.05) is 41.4 Å². The first kappa shape index (κ1) is 19.3. The van der Waals surface area contributed by atoms with Crippen molar-refractivity contribution in [2.75, 3.05) is 5.73 Å². The first-order valence-electron chi connectivity index (χ1n) is 8.71. The first-order valence-corrected chi connectivity index (χ1v) is 9.47. The van der Waals surface area contributed by atoms with Crippen LogP contribution in [0.15, 0.2) is 36.4 Å². The number of nitro benzene ring substituents is 1. The fourth-order valence-corrected chi connectivity index (χ4v) is 4.56. The molecule has 0 aliphatic carbocycles. The van der Waals surface area contributed by atoms with E-state index >= 15 is 0 Å². The SMILES string of the molecule is Nc1c(O)c(Cl)c(Cl)c2c1Oc1c(ccc(O)c1[N+](=O)[O-])C21OC(=O)c2ccccc21. The Morgan fingerprint density at radius 2 is 1.74 bits per heavy atom. The summed E-state index contributed by atoms with van der Waals surface area (Å²) in [7, 11) is 0. The molecule has 11 heteroatoms. The Kier molecular flexibility index (Phi) is 3.83. The molecule has 2 aliphatic rings. The molecule has 0 bridgehead atoms. The van der Waals surface area contributed by atoms with Gasteiger partial charge in [0.15, 0.2) is 22.8 Å². The highest BCUT2D eigenvalue weighted by Gasteiger charge is 2.57. The maximum absolute atomic E-state index is 12.8. The largest absolute Gasteiger partial charge is 0.504 e. The first-order chi connectivity index (χ1) is 14.7. The molecule has 3 aromatic rings. The van der Waals surface area contributed by atoms with Crippen molar-refractivity contribution >= 4 is 40.5 Å². The highest BCUT2D eigenvalue weighted by molar-refractivity contribution is 6.44. The summed E-state index contributed by atoms with van der Waals surface area (Å²) >= 11 is 12.6. The second-order valence-electron chi connectivity index (χ2n) is 6.88. The number of aromatic hydroxyl groups is 2. The monoisotopic (exact) mass is 460 g/mol. The molecule has 0 amide bonds. The summed E-state index contributed by atoms with van der Waals surface area (Å²) in [5.41, 5.74) is 3.59. The van der Waals surface area contributed by atoms with Crippen molar-refractivity contribution in [1.29, 1.82) is 0 Å². The van der Waals surface area contributed by atoms with Crippen LogP contribution in [0.25, 0.3) is 0 Å². The summed E-state index contributed by atoms with van der Waals surface area (Å²) in [6, 6.07) is 8.79. The molecule has 1 spiro atoms. The molecule has 1 atom stereocenters. The number of phenols is 2. The fourth-order valence-electron chi connectivity index (χ4n) is 4.05. The van der Waals surface area contributed by atoms with Crippen LogP contribution in [0, 0.1) is 10.1 Å². The number of ether oxygens (including phenoxy) is 2. The van der Waals surface area contributed by atoms with Crippen LogP contribution in [-0.4, -0.2) is 21.1 Å². The van der Waals surface area contributed by atoms with Gasteiger partial charge in [-0.25, -0.2) is 4.79 Å². The Hall–Kier alpha value is -3.69. The number of nitrogens with two attached hydrogens (primary N) is 1. The highest BCUT2D eigenvalue weighted by Crippen LogP contribution is 2.64. The van der Waals surface area contributed by atoms with Crippen LogP contribution in [0.4, 0.5) is 11.4 Å². The minimum Gasteiger partial charge on any atom is -0.504 e. The molecule has 1 unspecified atom stereocenters. The lowest BCUT2D eigenvalue weighted by Crippen LogP contribution is -2.34. The van der Waals surface area contributed by atoms with Crippen LogP contribution in [0.5, 0.6) is 23.0 Å². The number of hydrogen-bond acceptors (Lipinski definition) is 8. The van der Waals surface area contributed by atoms with E-state index in [2.05, 4.69) is 0 Å². The maximum Gasteiger partial charge on any atom is 0.353 e. The van der Waals surface area contributed by atoms with E-state index in [9.17, 15) is 25.1 Å². The van der Waals surface area contributed by atoms with Crippen molar-refractivity contribution in [2.45, 2.75) is 5.60 Å². The number of phenolic OH excluding ortho intramolecular Hbond substituents is 2. The van der Waals surface area contributed by atoms with Gasteiger partial charge in [-0.15, -0.1) is 0 Å². The van der Waals surface area contributed by atoms with Gasteiger partial charge < -0.3 is 25.4 Å². The van der Waals surface area contributed by atoms with Gasteiger partial charge in [-0.2, -0.15) is 0 Å². The Bertz CT molecular complexity index is 1360. The van der Waals surface area contributed by atoms with E-state index in [1.165, 1.54) is 12.1 Å². The van der Waals surface area contributed by atoms with E-state index in [1.807, 2.05) is 0 Å². The number of fused-ring (bicyclic) bond motifs is 6. The number of halogens is 2. The lowest BCUT2D eigenvalue weighted by Gasteiger charge is -2.37. The van der Waals surface area contributed by atoms with Gasteiger partial charge in [0.25, 0.3) is 0 Å². The molecular weight excluding hydrogens is 451 g/mol. The number of hydrogen-bond donors (Lipinski definition) is 3. The summed E-state index contributed by atoms with van der Waals surface area (Å²) in [6.07, 6.45) is 0. The molecule has 2 aliphatic heterocycles. The topological polar surface area (TPSA) is 145 Å². The predicted octanol–water partition coefficient (Wildman–Crippen LogP) is 4.46. The van der Waals surface area contributed by atoms with Crippen LogP contribution in [0.2, 0.25) is 10.0 Å². The van der Waals surface area contributed by atoms with Crippen molar-refractivity contribution in [1.82, 2.24) is 0 Å². The average Bonchev–Trinajstić information content (AvgIpc) is 3.03.